The third-order valence-corrected chi connectivity index (χ3v) is 3.19. The number of ketones is 1. The molecule has 0 bridgehead atoms. The first kappa shape index (κ1) is 10.1. The maximum absolute atomic E-state index is 12.0. The SMILES string of the molecule is CC(=O)C(C)N1CC2=C(C=CCC2)C1=O. The highest BCUT2D eigenvalue weighted by atomic mass is 16.2. The summed E-state index contributed by atoms with van der Waals surface area (Å²) in [4.78, 5) is 24.9. The monoisotopic (exact) mass is 205 g/mol. The van der Waals surface area contributed by atoms with Crippen LogP contribution in [0.2, 0.25) is 0 Å². The van der Waals surface area contributed by atoms with Crippen molar-refractivity contribution < 1.29 is 9.59 Å². The summed E-state index contributed by atoms with van der Waals surface area (Å²) in [5.41, 5.74) is 2.00. The van der Waals surface area contributed by atoms with Gasteiger partial charge in [0.05, 0.1) is 6.04 Å². The van der Waals surface area contributed by atoms with Crippen LogP contribution in [0.5, 0.6) is 0 Å². The quantitative estimate of drug-likeness (QED) is 0.684. The van der Waals surface area contributed by atoms with Crippen LogP contribution in [-0.4, -0.2) is 29.2 Å². The molecule has 0 N–H and O–H groups in total. The van der Waals surface area contributed by atoms with Gasteiger partial charge in [0.25, 0.3) is 5.91 Å². The lowest BCUT2D eigenvalue weighted by molar-refractivity contribution is -0.133. The fourth-order valence-electron chi connectivity index (χ4n) is 2.06. The molecule has 1 aliphatic heterocycles. The van der Waals surface area contributed by atoms with Gasteiger partial charge in [-0.1, -0.05) is 12.2 Å². The zero-order valence-corrected chi connectivity index (χ0v) is 9.12. The second kappa shape index (κ2) is 3.65. The number of hydrogen-bond donors (Lipinski definition) is 0. The van der Waals surface area contributed by atoms with Gasteiger partial charge in [-0.05, 0) is 32.3 Å². The van der Waals surface area contributed by atoms with Crippen LogP contribution in [0.3, 0.4) is 0 Å². The van der Waals surface area contributed by atoms with Crippen LogP contribution in [0.15, 0.2) is 23.3 Å². The van der Waals surface area contributed by atoms with Gasteiger partial charge in [-0.3, -0.25) is 9.59 Å². The molecular weight excluding hydrogens is 190 g/mol. The summed E-state index contributed by atoms with van der Waals surface area (Å²) >= 11 is 0. The van der Waals surface area contributed by atoms with Gasteiger partial charge in [0.15, 0.2) is 5.78 Å². The first-order chi connectivity index (χ1) is 7.11. The number of carbonyl (C=O) groups is 2. The van der Waals surface area contributed by atoms with Crippen molar-refractivity contribution in [2.75, 3.05) is 6.54 Å². The normalized spacial score (nSPS) is 22.0. The molecule has 3 heteroatoms. The van der Waals surface area contributed by atoms with E-state index in [1.165, 1.54) is 12.5 Å². The van der Waals surface area contributed by atoms with Crippen molar-refractivity contribution in [1.82, 2.24) is 4.90 Å². The molecule has 0 spiro atoms. The van der Waals surface area contributed by atoms with Crippen molar-refractivity contribution in [1.29, 1.82) is 0 Å². The highest BCUT2D eigenvalue weighted by Crippen LogP contribution is 2.28. The van der Waals surface area contributed by atoms with Crippen molar-refractivity contribution >= 4 is 11.7 Å². The molecule has 1 aliphatic carbocycles. The molecule has 1 atom stereocenters. The predicted octanol–water partition coefficient (Wildman–Crippen LogP) is 1.45. The minimum absolute atomic E-state index is 0.0173. The van der Waals surface area contributed by atoms with Gasteiger partial charge in [0.1, 0.15) is 0 Å². The minimum atomic E-state index is -0.295. The molecule has 1 unspecified atom stereocenters. The van der Waals surface area contributed by atoms with Crippen LogP contribution in [0.1, 0.15) is 26.7 Å². The van der Waals surface area contributed by atoms with E-state index in [2.05, 4.69) is 0 Å². The molecule has 0 radical (unpaired) electrons. The van der Waals surface area contributed by atoms with E-state index in [0.29, 0.717) is 6.54 Å². The van der Waals surface area contributed by atoms with Crippen molar-refractivity contribution in [3.05, 3.63) is 23.3 Å². The molecule has 15 heavy (non-hydrogen) atoms. The van der Waals surface area contributed by atoms with Gasteiger partial charge < -0.3 is 4.90 Å². The minimum Gasteiger partial charge on any atom is -0.325 e. The zero-order chi connectivity index (χ0) is 11.0. The lowest BCUT2D eigenvalue weighted by Gasteiger charge is -2.22. The Labute approximate surface area is 89.4 Å². The molecule has 0 aromatic heterocycles. The number of rotatable bonds is 2. The van der Waals surface area contributed by atoms with Gasteiger partial charge in [-0.25, -0.2) is 0 Å². The molecule has 0 saturated carbocycles. The molecule has 2 aliphatic rings. The third kappa shape index (κ3) is 1.62. The van der Waals surface area contributed by atoms with Crippen LogP contribution in [-0.2, 0) is 9.59 Å². The third-order valence-electron chi connectivity index (χ3n) is 3.19. The summed E-state index contributed by atoms with van der Waals surface area (Å²) in [6.07, 6.45) is 5.89. The molecular formula is C12H15NO2. The Morgan fingerprint density at radius 2 is 2.27 bits per heavy atom. The van der Waals surface area contributed by atoms with E-state index in [9.17, 15) is 9.59 Å². The Balaban J connectivity index is 2.20. The summed E-state index contributed by atoms with van der Waals surface area (Å²) in [5.74, 6) is 0.0656. The van der Waals surface area contributed by atoms with Crippen LogP contribution in [0.4, 0.5) is 0 Å². The first-order valence-corrected chi connectivity index (χ1v) is 5.31. The van der Waals surface area contributed by atoms with Gasteiger partial charge >= 0.3 is 0 Å². The number of nitrogens with zero attached hydrogens (tertiary/aromatic N) is 1. The average molecular weight is 205 g/mol. The molecule has 2 rings (SSSR count). The fourth-order valence-corrected chi connectivity index (χ4v) is 2.06. The molecule has 0 saturated heterocycles. The summed E-state index contributed by atoms with van der Waals surface area (Å²) in [7, 11) is 0. The van der Waals surface area contributed by atoms with Crippen molar-refractivity contribution in [3.63, 3.8) is 0 Å². The summed E-state index contributed by atoms with van der Waals surface area (Å²) in [6.45, 7) is 3.97. The molecule has 1 amide bonds. The smallest absolute Gasteiger partial charge is 0.254 e. The summed E-state index contributed by atoms with van der Waals surface area (Å²) < 4.78 is 0. The van der Waals surface area contributed by atoms with Crippen LogP contribution in [0.25, 0.3) is 0 Å². The van der Waals surface area contributed by atoms with Crippen LogP contribution < -0.4 is 0 Å². The van der Waals surface area contributed by atoms with E-state index in [0.717, 1.165) is 18.4 Å². The lowest BCUT2D eigenvalue weighted by atomic mass is 10.0. The average Bonchev–Trinajstić information content (AvgIpc) is 2.56. The standard InChI is InChI=1S/C12H15NO2/c1-8(9(2)14)13-7-10-5-3-4-6-11(10)12(13)15/h4,6,8H,3,5,7H2,1-2H3. The summed E-state index contributed by atoms with van der Waals surface area (Å²) in [5, 5.41) is 0. The number of carbonyl (C=O) groups excluding carboxylic acids is 2. The van der Waals surface area contributed by atoms with Crippen molar-refractivity contribution in [2.45, 2.75) is 32.7 Å². The number of hydrogen-bond acceptors (Lipinski definition) is 2. The Morgan fingerprint density at radius 1 is 1.53 bits per heavy atom. The van der Waals surface area contributed by atoms with Crippen LogP contribution in [0, 0.1) is 0 Å². The second-order valence-electron chi connectivity index (χ2n) is 4.18. The largest absolute Gasteiger partial charge is 0.325 e. The Kier molecular flexibility index (Phi) is 2.47. The zero-order valence-electron chi connectivity index (χ0n) is 9.12. The van der Waals surface area contributed by atoms with E-state index in [1.807, 2.05) is 12.2 Å². The van der Waals surface area contributed by atoms with E-state index in [4.69, 9.17) is 0 Å². The highest BCUT2D eigenvalue weighted by molar-refractivity contribution is 6.02. The van der Waals surface area contributed by atoms with Gasteiger partial charge in [0.2, 0.25) is 0 Å². The first-order valence-electron chi connectivity index (χ1n) is 5.31. The maximum Gasteiger partial charge on any atom is 0.254 e. The fraction of sp³-hybridized carbons (Fsp3) is 0.500. The highest BCUT2D eigenvalue weighted by Gasteiger charge is 2.33. The van der Waals surface area contributed by atoms with Gasteiger partial charge in [0, 0.05) is 12.1 Å². The molecule has 0 aromatic rings. The topological polar surface area (TPSA) is 37.4 Å². The number of amides is 1. The van der Waals surface area contributed by atoms with E-state index >= 15 is 0 Å². The Morgan fingerprint density at radius 3 is 2.87 bits per heavy atom. The van der Waals surface area contributed by atoms with Crippen molar-refractivity contribution in [2.24, 2.45) is 0 Å². The van der Waals surface area contributed by atoms with E-state index in [-0.39, 0.29) is 17.7 Å². The maximum atomic E-state index is 12.0. The Bertz CT molecular complexity index is 379. The summed E-state index contributed by atoms with van der Waals surface area (Å²) in [6, 6.07) is -0.295. The van der Waals surface area contributed by atoms with E-state index in [1.54, 1.807) is 11.8 Å². The second-order valence-corrected chi connectivity index (χ2v) is 4.18. The molecule has 0 fully saturated rings. The van der Waals surface area contributed by atoms with Crippen LogP contribution >= 0.6 is 0 Å². The van der Waals surface area contributed by atoms with E-state index < -0.39 is 0 Å². The molecule has 1 heterocycles. The predicted molar refractivity (Wildman–Crippen MR) is 57.3 cm³/mol. The van der Waals surface area contributed by atoms with Crippen molar-refractivity contribution in [3.8, 4) is 0 Å². The molecule has 80 valence electrons. The number of Topliss-reactive ketones (excluding diaryl/α,β-unsaturated/α-hetero) is 1. The Hall–Kier alpha value is -1.38. The number of allylic oxidation sites excluding steroid dienone is 1. The molecule has 0 aromatic carbocycles. The lowest BCUT2D eigenvalue weighted by Crippen LogP contribution is -2.40. The van der Waals surface area contributed by atoms with Gasteiger partial charge in [-0.15, -0.1) is 0 Å². The molecule has 3 nitrogen and oxygen atoms in total. The van der Waals surface area contributed by atoms with Gasteiger partial charge in [-0.2, -0.15) is 0 Å².